The molecule has 6 heteroatoms. The molecular formula is C19H25FN2O3. The average molecular weight is 348 g/mol. The molecule has 2 heterocycles. The highest BCUT2D eigenvalue weighted by Gasteiger charge is 2.41. The number of piperidine rings is 1. The fourth-order valence-corrected chi connectivity index (χ4v) is 4.26. The zero-order chi connectivity index (χ0) is 17.4. The van der Waals surface area contributed by atoms with Crippen molar-refractivity contribution < 1.29 is 18.7 Å². The third kappa shape index (κ3) is 3.13. The Morgan fingerprint density at radius 1 is 1.28 bits per heavy atom. The largest absolute Gasteiger partial charge is 0.347 e. The summed E-state index contributed by atoms with van der Waals surface area (Å²) in [4.78, 5) is 14.6. The topological polar surface area (TPSA) is 50.8 Å². The minimum Gasteiger partial charge on any atom is -0.347 e. The first-order chi connectivity index (χ1) is 12.1. The molecule has 25 heavy (non-hydrogen) atoms. The normalized spacial score (nSPS) is 28.0. The number of halogens is 1. The van der Waals surface area contributed by atoms with Gasteiger partial charge in [-0.05, 0) is 36.0 Å². The van der Waals surface area contributed by atoms with Gasteiger partial charge in [0.15, 0.2) is 5.79 Å². The highest BCUT2D eigenvalue weighted by molar-refractivity contribution is 5.75. The lowest BCUT2D eigenvalue weighted by Crippen LogP contribution is -2.51. The summed E-state index contributed by atoms with van der Waals surface area (Å²) >= 11 is 0. The Labute approximate surface area is 147 Å². The highest BCUT2D eigenvalue weighted by Crippen LogP contribution is 2.36. The van der Waals surface area contributed by atoms with Gasteiger partial charge in [-0.3, -0.25) is 0 Å². The van der Waals surface area contributed by atoms with Crippen LogP contribution in [0.1, 0.15) is 43.4 Å². The van der Waals surface area contributed by atoms with E-state index in [0.29, 0.717) is 39.1 Å². The molecule has 0 bridgehead atoms. The van der Waals surface area contributed by atoms with E-state index in [1.165, 1.54) is 6.07 Å². The average Bonchev–Trinajstić information content (AvgIpc) is 3.06. The van der Waals surface area contributed by atoms with E-state index < -0.39 is 5.79 Å². The molecule has 1 spiro atoms. The molecule has 1 aromatic carbocycles. The van der Waals surface area contributed by atoms with Crippen molar-refractivity contribution in [3.05, 3.63) is 35.1 Å². The molecule has 1 N–H and O–H groups in total. The van der Waals surface area contributed by atoms with Gasteiger partial charge in [0.05, 0.1) is 19.3 Å². The summed E-state index contributed by atoms with van der Waals surface area (Å²) in [6, 6.07) is 4.94. The van der Waals surface area contributed by atoms with Gasteiger partial charge >= 0.3 is 6.03 Å². The van der Waals surface area contributed by atoms with Crippen LogP contribution >= 0.6 is 0 Å². The number of fused-ring (bicyclic) bond motifs is 1. The number of carbonyl (C=O) groups excluding carboxylic acids is 1. The van der Waals surface area contributed by atoms with Gasteiger partial charge in [0.2, 0.25) is 0 Å². The number of amides is 2. The molecule has 0 saturated carbocycles. The lowest BCUT2D eigenvalue weighted by atomic mass is 9.80. The lowest BCUT2D eigenvalue weighted by molar-refractivity contribution is -0.181. The van der Waals surface area contributed by atoms with Crippen LogP contribution in [0, 0.1) is 11.7 Å². The summed E-state index contributed by atoms with van der Waals surface area (Å²) in [6.45, 7) is 4.61. The number of urea groups is 1. The van der Waals surface area contributed by atoms with Crippen LogP contribution in [0.4, 0.5) is 9.18 Å². The van der Waals surface area contributed by atoms with Crippen LogP contribution < -0.4 is 5.32 Å². The first kappa shape index (κ1) is 16.8. The molecule has 1 aromatic rings. The Balaban J connectivity index is 1.44. The number of ether oxygens (including phenoxy) is 2. The van der Waals surface area contributed by atoms with Crippen molar-refractivity contribution in [1.82, 2.24) is 10.2 Å². The van der Waals surface area contributed by atoms with Gasteiger partial charge in [-0.15, -0.1) is 0 Å². The van der Waals surface area contributed by atoms with Crippen molar-refractivity contribution in [3.8, 4) is 0 Å². The number of nitrogens with one attached hydrogen (secondary N) is 1. The number of hydrogen-bond donors (Lipinski definition) is 1. The maximum atomic E-state index is 14.1. The zero-order valence-electron chi connectivity index (χ0n) is 14.6. The Hall–Kier alpha value is -1.66. The molecule has 2 atom stereocenters. The number of carbonyl (C=O) groups is 1. The van der Waals surface area contributed by atoms with E-state index in [4.69, 9.17) is 9.47 Å². The second-order valence-electron chi connectivity index (χ2n) is 7.35. The second-order valence-corrected chi connectivity index (χ2v) is 7.35. The fourth-order valence-electron chi connectivity index (χ4n) is 4.26. The number of rotatable bonds is 1. The lowest BCUT2D eigenvalue weighted by Gasteiger charge is -2.39. The summed E-state index contributed by atoms with van der Waals surface area (Å²) in [6.07, 6.45) is 3.01. The van der Waals surface area contributed by atoms with E-state index in [0.717, 1.165) is 24.0 Å². The zero-order valence-corrected chi connectivity index (χ0v) is 14.6. The predicted octanol–water partition coefficient (Wildman–Crippen LogP) is 3.00. The second kappa shape index (κ2) is 6.57. The molecule has 2 aliphatic heterocycles. The number of nitrogens with zero attached hydrogens (tertiary/aromatic N) is 1. The quantitative estimate of drug-likeness (QED) is 0.849. The standard InChI is InChI=1S/C19H25FN2O3/c1-13-5-6-14-15(3-2-4-16(14)20)17(13)21-18(23)22-9-7-19(8-10-22)24-11-12-25-19/h2-4,13,17H,5-12H2,1H3,(H,21,23)/t13-,17+/m1/s1. The van der Waals surface area contributed by atoms with Crippen LogP contribution in [-0.4, -0.2) is 43.0 Å². The van der Waals surface area contributed by atoms with Gasteiger partial charge in [0.1, 0.15) is 5.82 Å². The van der Waals surface area contributed by atoms with Crippen LogP contribution in [0.3, 0.4) is 0 Å². The highest BCUT2D eigenvalue weighted by atomic mass is 19.1. The Kier molecular flexibility index (Phi) is 4.41. The number of benzene rings is 1. The molecule has 4 rings (SSSR count). The molecule has 2 saturated heterocycles. The maximum absolute atomic E-state index is 14.1. The minimum atomic E-state index is -0.482. The predicted molar refractivity (Wildman–Crippen MR) is 90.6 cm³/mol. The van der Waals surface area contributed by atoms with Gasteiger partial charge in [0, 0.05) is 25.9 Å². The molecule has 136 valence electrons. The summed E-state index contributed by atoms with van der Waals surface area (Å²) in [7, 11) is 0. The minimum absolute atomic E-state index is 0.0817. The molecule has 0 aromatic heterocycles. The smallest absolute Gasteiger partial charge is 0.317 e. The molecule has 3 aliphatic rings. The molecule has 2 fully saturated rings. The van der Waals surface area contributed by atoms with Crippen LogP contribution in [0.5, 0.6) is 0 Å². The fraction of sp³-hybridized carbons (Fsp3) is 0.632. The van der Waals surface area contributed by atoms with Crippen molar-refractivity contribution in [2.75, 3.05) is 26.3 Å². The van der Waals surface area contributed by atoms with Crippen molar-refractivity contribution >= 4 is 6.03 Å². The van der Waals surface area contributed by atoms with Crippen LogP contribution in [0.25, 0.3) is 0 Å². The SMILES string of the molecule is C[C@@H]1CCc2c(F)cccc2[C@H]1NC(=O)N1CCC2(CC1)OCCO2. The van der Waals surface area contributed by atoms with E-state index in [-0.39, 0.29) is 23.8 Å². The number of likely N-dealkylation sites (tertiary alicyclic amines) is 1. The van der Waals surface area contributed by atoms with Crippen molar-refractivity contribution in [1.29, 1.82) is 0 Å². The summed E-state index contributed by atoms with van der Waals surface area (Å²) in [5.74, 6) is -0.361. The van der Waals surface area contributed by atoms with Gasteiger partial charge < -0.3 is 19.7 Å². The van der Waals surface area contributed by atoms with Crippen molar-refractivity contribution in [2.24, 2.45) is 5.92 Å². The van der Waals surface area contributed by atoms with Crippen molar-refractivity contribution in [2.45, 2.75) is 44.4 Å². The van der Waals surface area contributed by atoms with E-state index in [2.05, 4.69) is 12.2 Å². The van der Waals surface area contributed by atoms with E-state index in [1.807, 2.05) is 11.0 Å². The van der Waals surface area contributed by atoms with Gasteiger partial charge in [-0.25, -0.2) is 9.18 Å². The van der Waals surface area contributed by atoms with Crippen LogP contribution in [-0.2, 0) is 15.9 Å². The molecule has 0 unspecified atom stereocenters. The molecule has 5 nitrogen and oxygen atoms in total. The Morgan fingerprint density at radius 2 is 2.00 bits per heavy atom. The van der Waals surface area contributed by atoms with Gasteiger partial charge in [0.25, 0.3) is 0 Å². The maximum Gasteiger partial charge on any atom is 0.317 e. The third-order valence-electron chi connectivity index (χ3n) is 5.81. The first-order valence-corrected chi connectivity index (χ1v) is 9.19. The monoisotopic (exact) mass is 348 g/mol. The van der Waals surface area contributed by atoms with E-state index in [9.17, 15) is 9.18 Å². The van der Waals surface area contributed by atoms with Crippen molar-refractivity contribution in [3.63, 3.8) is 0 Å². The van der Waals surface area contributed by atoms with E-state index >= 15 is 0 Å². The Morgan fingerprint density at radius 3 is 2.72 bits per heavy atom. The molecule has 0 radical (unpaired) electrons. The summed E-state index contributed by atoms with van der Waals surface area (Å²) in [5.41, 5.74) is 1.67. The molecule has 1 aliphatic carbocycles. The molecular weight excluding hydrogens is 323 g/mol. The van der Waals surface area contributed by atoms with E-state index in [1.54, 1.807) is 6.07 Å². The number of hydrogen-bond acceptors (Lipinski definition) is 3. The van der Waals surface area contributed by atoms with Crippen LogP contribution in [0.15, 0.2) is 18.2 Å². The van der Waals surface area contributed by atoms with Crippen LogP contribution in [0.2, 0.25) is 0 Å². The summed E-state index contributed by atoms with van der Waals surface area (Å²) < 4.78 is 25.5. The van der Waals surface area contributed by atoms with Gasteiger partial charge in [-0.2, -0.15) is 0 Å². The summed E-state index contributed by atoms with van der Waals surface area (Å²) in [5, 5.41) is 3.14. The van der Waals surface area contributed by atoms with Gasteiger partial charge in [-0.1, -0.05) is 19.1 Å². The third-order valence-corrected chi connectivity index (χ3v) is 5.81. The molecule has 2 amide bonds. The Bertz CT molecular complexity index is 650. The first-order valence-electron chi connectivity index (χ1n) is 9.19.